The Morgan fingerprint density at radius 2 is 1.78 bits per heavy atom. The SMILES string of the molecule is C[C@@H]1CCCCO[C@H](CN(C)C(=O)Nc2ccc(C(F)(F)F)cc2)[C@H](C)CN([C@H](C)CO)C(=O)c2cc(NS(C)(=O)=O)ccc2O1. The van der Waals surface area contributed by atoms with Crippen LogP contribution in [0, 0.1) is 5.92 Å². The highest BCUT2D eigenvalue weighted by molar-refractivity contribution is 7.92. The van der Waals surface area contributed by atoms with Crippen molar-refractivity contribution in [3.05, 3.63) is 53.6 Å². The number of carbonyl (C=O) groups excluding carboxylic acids is 2. The van der Waals surface area contributed by atoms with Crippen LogP contribution in [0.3, 0.4) is 0 Å². The monoisotopic (exact) mass is 672 g/mol. The van der Waals surface area contributed by atoms with Crippen LogP contribution in [0.5, 0.6) is 5.75 Å². The summed E-state index contributed by atoms with van der Waals surface area (Å²) in [4.78, 5) is 29.9. The summed E-state index contributed by atoms with van der Waals surface area (Å²) in [6.45, 7) is 5.62. The maximum atomic E-state index is 14.1. The second-order valence-corrected chi connectivity index (χ2v) is 13.5. The van der Waals surface area contributed by atoms with Gasteiger partial charge in [-0.1, -0.05) is 6.92 Å². The number of benzene rings is 2. The highest BCUT2D eigenvalue weighted by atomic mass is 32.2. The average molecular weight is 673 g/mol. The molecule has 0 saturated carbocycles. The van der Waals surface area contributed by atoms with Gasteiger partial charge in [-0.3, -0.25) is 9.52 Å². The van der Waals surface area contributed by atoms with Crippen LogP contribution < -0.4 is 14.8 Å². The fourth-order valence-corrected chi connectivity index (χ4v) is 5.53. The Balaban J connectivity index is 1.87. The molecule has 0 saturated heterocycles. The van der Waals surface area contributed by atoms with Crippen molar-refractivity contribution in [2.75, 3.05) is 49.6 Å². The van der Waals surface area contributed by atoms with E-state index in [0.29, 0.717) is 19.4 Å². The van der Waals surface area contributed by atoms with Crippen LogP contribution in [-0.4, -0.2) is 93.1 Å². The number of urea groups is 1. The zero-order chi connectivity index (χ0) is 34.2. The predicted octanol–water partition coefficient (Wildman–Crippen LogP) is 5.04. The second kappa shape index (κ2) is 15.8. The third kappa shape index (κ3) is 10.8. The first-order valence-electron chi connectivity index (χ1n) is 15.0. The first-order valence-corrected chi connectivity index (χ1v) is 16.9. The number of amides is 3. The van der Waals surface area contributed by atoms with E-state index < -0.39 is 45.8 Å². The van der Waals surface area contributed by atoms with E-state index in [4.69, 9.17) is 9.47 Å². The first-order chi connectivity index (χ1) is 21.5. The van der Waals surface area contributed by atoms with Gasteiger partial charge in [0.1, 0.15) is 5.75 Å². The summed E-state index contributed by atoms with van der Waals surface area (Å²) < 4.78 is 77.3. The van der Waals surface area contributed by atoms with Gasteiger partial charge in [0.25, 0.3) is 5.91 Å². The Labute approximate surface area is 268 Å². The maximum absolute atomic E-state index is 14.1. The normalized spacial score (nSPS) is 20.9. The van der Waals surface area contributed by atoms with Crippen molar-refractivity contribution in [2.24, 2.45) is 5.92 Å². The number of carbonyl (C=O) groups is 2. The van der Waals surface area contributed by atoms with E-state index in [1.165, 1.54) is 41.1 Å². The number of nitrogens with one attached hydrogen (secondary N) is 2. The lowest BCUT2D eigenvalue weighted by Crippen LogP contribution is -2.48. The summed E-state index contributed by atoms with van der Waals surface area (Å²) >= 11 is 0. The van der Waals surface area contributed by atoms with Gasteiger partial charge in [0.2, 0.25) is 10.0 Å². The fourth-order valence-electron chi connectivity index (χ4n) is 4.98. The van der Waals surface area contributed by atoms with Gasteiger partial charge >= 0.3 is 12.2 Å². The molecule has 2 aromatic rings. The molecule has 3 rings (SSSR count). The minimum absolute atomic E-state index is 0.0989. The highest BCUT2D eigenvalue weighted by Crippen LogP contribution is 2.31. The molecule has 0 unspecified atom stereocenters. The van der Waals surface area contributed by atoms with Crippen molar-refractivity contribution >= 4 is 33.3 Å². The van der Waals surface area contributed by atoms with Gasteiger partial charge in [0, 0.05) is 44.0 Å². The van der Waals surface area contributed by atoms with E-state index in [9.17, 15) is 36.3 Å². The molecular formula is C31H43F3N4O7S. The maximum Gasteiger partial charge on any atom is 0.416 e. The lowest BCUT2D eigenvalue weighted by molar-refractivity contribution is -0.137. The van der Waals surface area contributed by atoms with Gasteiger partial charge in [-0.2, -0.15) is 13.2 Å². The fraction of sp³-hybridized carbons (Fsp3) is 0.548. The molecule has 15 heteroatoms. The summed E-state index contributed by atoms with van der Waals surface area (Å²) in [6.07, 6.45) is -2.24. The molecule has 256 valence electrons. The Hall–Kier alpha value is -3.56. The molecule has 46 heavy (non-hydrogen) atoms. The van der Waals surface area contributed by atoms with Gasteiger partial charge in [0.05, 0.1) is 42.2 Å². The highest BCUT2D eigenvalue weighted by Gasteiger charge is 2.32. The van der Waals surface area contributed by atoms with Gasteiger partial charge in [-0.15, -0.1) is 0 Å². The van der Waals surface area contributed by atoms with Crippen LogP contribution in [0.4, 0.5) is 29.3 Å². The predicted molar refractivity (Wildman–Crippen MR) is 168 cm³/mol. The van der Waals surface area contributed by atoms with Crippen LogP contribution in [0.25, 0.3) is 0 Å². The summed E-state index contributed by atoms with van der Waals surface area (Å²) in [5.74, 6) is -0.566. The molecule has 1 aliphatic heterocycles. The van der Waals surface area contributed by atoms with Crippen LogP contribution >= 0.6 is 0 Å². The minimum atomic E-state index is -4.50. The number of ether oxygens (including phenoxy) is 2. The molecule has 11 nitrogen and oxygen atoms in total. The quantitative estimate of drug-likeness (QED) is 0.375. The van der Waals surface area contributed by atoms with Crippen LogP contribution in [0.1, 0.15) is 56.0 Å². The molecular weight excluding hydrogens is 629 g/mol. The largest absolute Gasteiger partial charge is 0.490 e. The number of halogens is 3. The number of alkyl halides is 3. The number of hydrogen-bond donors (Lipinski definition) is 3. The molecule has 0 radical (unpaired) electrons. The lowest BCUT2D eigenvalue weighted by atomic mass is 10.0. The molecule has 0 aromatic heterocycles. The zero-order valence-corrected chi connectivity index (χ0v) is 27.5. The van der Waals surface area contributed by atoms with E-state index >= 15 is 0 Å². The van der Waals surface area contributed by atoms with Crippen LogP contribution in [-0.2, 0) is 20.9 Å². The number of aliphatic hydroxyl groups is 1. The Kier molecular flexibility index (Phi) is 12.7. The summed E-state index contributed by atoms with van der Waals surface area (Å²) in [5, 5.41) is 12.7. The van der Waals surface area contributed by atoms with E-state index in [-0.39, 0.29) is 54.4 Å². The lowest BCUT2D eigenvalue weighted by Gasteiger charge is -2.35. The topological polar surface area (TPSA) is 138 Å². The molecule has 1 heterocycles. The molecule has 0 fully saturated rings. The van der Waals surface area contributed by atoms with E-state index in [2.05, 4.69) is 10.0 Å². The van der Waals surface area contributed by atoms with E-state index in [0.717, 1.165) is 24.8 Å². The number of likely N-dealkylation sites (N-methyl/N-ethyl adjacent to an activating group) is 1. The third-order valence-corrected chi connectivity index (χ3v) is 8.23. The number of nitrogens with zero attached hydrogens (tertiary/aromatic N) is 2. The van der Waals surface area contributed by atoms with Gasteiger partial charge in [0.15, 0.2) is 0 Å². The standard InChI is InChI=1S/C31H43F3N4O7S/c1-20-17-38(21(2)19-39)29(40)26-16-25(36-46(5,42)43)13-14-27(26)45-22(3)8-6-7-15-44-28(20)18-37(4)30(41)35-24-11-9-23(10-12-24)31(32,33)34/h9-14,16,20-22,28,36,39H,6-8,15,17-19H2,1-5H3,(H,35,41)/t20-,21-,22-,28-/m1/s1. The second-order valence-electron chi connectivity index (χ2n) is 11.8. The molecule has 0 bridgehead atoms. The Bertz CT molecular complexity index is 1440. The summed E-state index contributed by atoms with van der Waals surface area (Å²) in [7, 11) is -2.10. The average Bonchev–Trinajstić information content (AvgIpc) is 2.97. The molecule has 0 aliphatic carbocycles. The van der Waals surface area contributed by atoms with E-state index in [1.54, 1.807) is 13.0 Å². The molecule has 1 aliphatic rings. The number of fused-ring (bicyclic) bond motifs is 1. The van der Waals surface area contributed by atoms with Crippen molar-refractivity contribution in [1.82, 2.24) is 9.80 Å². The van der Waals surface area contributed by atoms with Gasteiger partial charge in [-0.25, -0.2) is 13.2 Å². The van der Waals surface area contributed by atoms with Crippen molar-refractivity contribution in [2.45, 2.75) is 64.5 Å². The minimum Gasteiger partial charge on any atom is -0.490 e. The van der Waals surface area contributed by atoms with Crippen LogP contribution in [0.15, 0.2) is 42.5 Å². The van der Waals surface area contributed by atoms with Crippen molar-refractivity contribution < 1.29 is 45.8 Å². The molecule has 3 N–H and O–H groups in total. The van der Waals surface area contributed by atoms with Gasteiger partial charge in [-0.05, 0) is 75.6 Å². The number of aliphatic hydroxyl groups excluding tert-OH is 1. The van der Waals surface area contributed by atoms with Crippen molar-refractivity contribution in [3.63, 3.8) is 0 Å². The van der Waals surface area contributed by atoms with Crippen molar-refractivity contribution in [3.8, 4) is 5.75 Å². The van der Waals surface area contributed by atoms with Gasteiger partial charge < -0.3 is 29.7 Å². The van der Waals surface area contributed by atoms with Crippen molar-refractivity contribution in [1.29, 1.82) is 0 Å². The molecule has 4 atom stereocenters. The molecule has 0 spiro atoms. The smallest absolute Gasteiger partial charge is 0.416 e. The molecule has 2 aromatic carbocycles. The number of rotatable bonds is 7. The number of hydrogen-bond acceptors (Lipinski definition) is 7. The summed E-state index contributed by atoms with van der Waals surface area (Å²) in [6, 6.07) is 7.40. The zero-order valence-electron chi connectivity index (χ0n) is 26.6. The first kappa shape index (κ1) is 36.9. The third-order valence-electron chi connectivity index (χ3n) is 7.62. The molecule has 3 amide bonds. The summed E-state index contributed by atoms with van der Waals surface area (Å²) in [5.41, 5.74) is -0.337. The number of sulfonamides is 1. The Morgan fingerprint density at radius 3 is 2.39 bits per heavy atom. The van der Waals surface area contributed by atoms with E-state index in [1.807, 2.05) is 13.8 Å². The van der Waals surface area contributed by atoms with Crippen LogP contribution in [0.2, 0.25) is 0 Å². The number of anilines is 2. The Morgan fingerprint density at radius 1 is 1.13 bits per heavy atom.